The fourth-order valence-corrected chi connectivity index (χ4v) is 4.59. The van der Waals surface area contributed by atoms with Crippen LogP contribution < -0.4 is 10.6 Å². The predicted octanol–water partition coefficient (Wildman–Crippen LogP) is 4.83. The van der Waals surface area contributed by atoms with E-state index in [9.17, 15) is 5.11 Å². The number of phenols is 1. The van der Waals surface area contributed by atoms with Crippen molar-refractivity contribution in [3.63, 3.8) is 0 Å². The van der Waals surface area contributed by atoms with E-state index in [1.807, 2.05) is 18.3 Å². The monoisotopic (exact) mass is 389 g/mol. The largest absolute Gasteiger partial charge is 0.508 e. The molecular formula is C25H31N3O. The molecule has 0 saturated heterocycles. The lowest BCUT2D eigenvalue weighted by molar-refractivity contribution is 0.461. The quantitative estimate of drug-likeness (QED) is 0.595. The number of aromatic hydroxyl groups is 1. The summed E-state index contributed by atoms with van der Waals surface area (Å²) >= 11 is 0. The zero-order valence-corrected chi connectivity index (χ0v) is 17.1. The van der Waals surface area contributed by atoms with Gasteiger partial charge in [0.15, 0.2) is 6.29 Å². The Kier molecular flexibility index (Phi) is 6.30. The molecule has 0 radical (unpaired) electrons. The summed E-state index contributed by atoms with van der Waals surface area (Å²) in [5.74, 6) is 0.988. The van der Waals surface area contributed by atoms with Crippen molar-refractivity contribution in [1.29, 1.82) is 0 Å². The van der Waals surface area contributed by atoms with Crippen molar-refractivity contribution in [2.24, 2.45) is 4.99 Å². The Morgan fingerprint density at radius 2 is 2.00 bits per heavy atom. The molecule has 0 fully saturated rings. The van der Waals surface area contributed by atoms with Crippen molar-refractivity contribution in [1.82, 2.24) is 10.6 Å². The van der Waals surface area contributed by atoms with E-state index in [1.54, 1.807) is 0 Å². The normalized spacial score (nSPS) is 23.2. The second-order valence-electron chi connectivity index (χ2n) is 8.07. The van der Waals surface area contributed by atoms with Crippen molar-refractivity contribution in [3.8, 4) is 5.75 Å². The highest BCUT2D eigenvalue weighted by Crippen LogP contribution is 2.46. The number of aryl methyl sites for hydroxylation is 1. The highest BCUT2D eigenvalue weighted by molar-refractivity contribution is 5.82. The van der Waals surface area contributed by atoms with Crippen LogP contribution in [0, 0.1) is 0 Å². The Bertz CT molecular complexity index is 875. The molecule has 2 aliphatic rings. The molecule has 4 rings (SSSR count). The van der Waals surface area contributed by atoms with Crippen LogP contribution in [0.4, 0.5) is 0 Å². The molecular weight excluding hydrogens is 358 g/mol. The van der Waals surface area contributed by atoms with Crippen LogP contribution in [0.1, 0.15) is 61.1 Å². The van der Waals surface area contributed by atoms with Gasteiger partial charge in [-0.15, -0.1) is 0 Å². The summed E-state index contributed by atoms with van der Waals surface area (Å²) in [7, 11) is 0. The lowest BCUT2D eigenvalue weighted by Gasteiger charge is -2.36. The number of phenolic OH excluding ortho intramolecular Hbond substituents is 1. The third kappa shape index (κ3) is 4.54. The maximum Gasteiger partial charge on any atom is 0.173 e. The van der Waals surface area contributed by atoms with Crippen molar-refractivity contribution in [2.75, 3.05) is 6.54 Å². The standard InChI is InChI=1S/C25H31N3O/c1-2-3-7-14-26-25-27-16-20(17-28-25)24-22(18-8-5-4-6-9-18)12-10-19-15-21(29)11-13-23(19)24/h4-6,8-9,11,13,15-17,22,24-27,29H,2-3,7,10,12,14H2,1H3/t22-,24+,25?/m0/s1. The lowest BCUT2D eigenvalue weighted by Crippen LogP contribution is -2.41. The van der Waals surface area contributed by atoms with E-state index in [2.05, 4.69) is 60.2 Å². The summed E-state index contributed by atoms with van der Waals surface area (Å²) in [5, 5.41) is 16.9. The molecule has 3 atom stereocenters. The number of nitrogens with one attached hydrogen (secondary N) is 2. The number of hydrogen-bond donors (Lipinski definition) is 3. The van der Waals surface area contributed by atoms with Crippen molar-refractivity contribution >= 4 is 6.21 Å². The maximum atomic E-state index is 9.96. The third-order valence-electron chi connectivity index (χ3n) is 6.07. The Morgan fingerprint density at radius 3 is 2.76 bits per heavy atom. The van der Waals surface area contributed by atoms with Crippen LogP contribution in [-0.2, 0) is 6.42 Å². The third-order valence-corrected chi connectivity index (χ3v) is 6.07. The van der Waals surface area contributed by atoms with Crippen molar-refractivity contribution in [2.45, 2.75) is 57.2 Å². The van der Waals surface area contributed by atoms with Crippen LogP contribution in [0.25, 0.3) is 0 Å². The van der Waals surface area contributed by atoms with Gasteiger partial charge < -0.3 is 10.4 Å². The first kappa shape index (κ1) is 19.7. The molecule has 1 heterocycles. The van der Waals surface area contributed by atoms with Gasteiger partial charge in [-0.25, -0.2) is 0 Å². The SMILES string of the molecule is CCCCCNC1N=CC([C@H]2c3ccc(O)cc3CC[C@H]2c2ccccc2)=CN1. The molecule has 0 aromatic heterocycles. The zero-order valence-electron chi connectivity index (χ0n) is 17.1. The van der Waals surface area contributed by atoms with Gasteiger partial charge in [0.25, 0.3) is 0 Å². The number of nitrogens with zero attached hydrogens (tertiary/aromatic N) is 1. The van der Waals surface area contributed by atoms with Gasteiger partial charge in [0.1, 0.15) is 5.75 Å². The number of hydrogen-bond acceptors (Lipinski definition) is 4. The molecule has 1 aliphatic carbocycles. The first-order valence-corrected chi connectivity index (χ1v) is 10.9. The number of unbranched alkanes of at least 4 members (excludes halogenated alkanes) is 2. The van der Waals surface area contributed by atoms with Gasteiger partial charge in [0.05, 0.1) is 0 Å². The van der Waals surface area contributed by atoms with Gasteiger partial charge in [-0.3, -0.25) is 10.3 Å². The van der Waals surface area contributed by atoms with Gasteiger partial charge in [0, 0.05) is 18.3 Å². The number of benzene rings is 2. The van der Waals surface area contributed by atoms with E-state index >= 15 is 0 Å². The first-order valence-electron chi connectivity index (χ1n) is 10.9. The average Bonchev–Trinajstić information content (AvgIpc) is 2.77. The van der Waals surface area contributed by atoms with Gasteiger partial charge in [-0.2, -0.15) is 0 Å². The van der Waals surface area contributed by atoms with Gasteiger partial charge in [-0.05, 0) is 66.1 Å². The molecule has 29 heavy (non-hydrogen) atoms. The van der Waals surface area contributed by atoms with Gasteiger partial charge in [0.2, 0.25) is 0 Å². The summed E-state index contributed by atoms with van der Waals surface area (Å²) in [5.41, 5.74) is 5.12. The van der Waals surface area contributed by atoms with Crippen LogP contribution in [0.15, 0.2) is 65.3 Å². The minimum Gasteiger partial charge on any atom is -0.508 e. The van der Waals surface area contributed by atoms with Crippen LogP contribution in [0.2, 0.25) is 0 Å². The molecule has 0 spiro atoms. The number of rotatable bonds is 7. The maximum absolute atomic E-state index is 9.96. The zero-order chi connectivity index (χ0) is 20.1. The summed E-state index contributed by atoms with van der Waals surface area (Å²) in [6.07, 6.45) is 9.82. The first-order chi connectivity index (χ1) is 14.3. The van der Waals surface area contributed by atoms with Crippen molar-refractivity contribution < 1.29 is 5.11 Å². The van der Waals surface area contributed by atoms with Crippen LogP contribution >= 0.6 is 0 Å². The molecule has 1 aliphatic heterocycles. The van der Waals surface area contributed by atoms with Gasteiger partial charge in [-0.1, -0.05) is 56.2 Å². The molecule has 4 nitrogen and oxygen atoms in total. The van der Waals surface area contributed by atoms with Gasteiger partial charge >= 0.3 is 0 Å². The molecule has 0 saturated carbocycles. The Hall–Kier alpha value is -2.59. The van der Waals surface area contributed by atoms with E-state index in [1.165, 1.54) is 41.5 Å². The average molecular weight is 390 g/mol. The molecule has 0 amide bonds. The Labute approximate surface area is 173 Å². The summed E-state index contributed by atoms with van der Waals surface area (Å²) in [6, 6.07) is 16.6. The summed E-state index contributed by atoms with van der Waals surface area (Å²) in [6.45, 7) is 3.20. The highest BCUT2D eigenvalue weighted by Gasteiger charge is 2.33. The summed E-state index contributed by atoms with van der Waals surface area (Å²) in [4.78, 5) is 4.74. The number of aliphatic imine (C=N–C) groups is 1. The van der Waals surface area contributed by atoms with Crippen LogP contribution in [0.5, 0.6) is 5.75 Å². The molecule has 4 heteroatoms. The number of allylic oxidation sites excluding steroid dienone is 1. The number of fused-ring (bicyclic) bond motifs is 1. The lowest BCUT2D eigenvalue weighted by atomic mass is 9.69. The van der Waals surface area contributed by atoms with E-state index < -0.39 is 0 Å². The van der Waals surface area contributed by atoms with E-state index in [0.29, 0.717) is 11.7 Å². The second-order valence-corrected chi connectivity index (χ2v) is 8.07. The smallest absolute Gasteiger partial charge is 0.173 e. The summed E-state index contributed by atoms with van der Waals surface area (Å²) < 4.78 is 0. The topological polar surface area (TPSA) is 56.7 Å². The fourth-order valence-electron chi connectivity index (χ4n) is 4.59. The van der Waals surface area contributed by atoms with Crippen LogP contribution in [0.3, 0.4) is 0 Å². The Morgan fingerprint density at radius 1 is 1.14 bits per heavy atom. The molecule has 2 aromatic rings. The van der Waals surface area contributed by atoms with E-state index in [0.717, 1.165) is 19.4 Å². The fraction of sp³-hybridized carbons (Fsp3) is 0.400. The predicted molar refractivity (Wildman–Crippen MR) is 119 cm³/mol. The minimum atomic E-state index is -0.0475. The van der Waals surface area contributed by atoms with E-state index in [4.69, 9.17) is 4.99 Å². The molecule has 152 valence electrons. The second kappa shape index (κ2) is 9.27. The van der Waals surface area contributed by atoms with Crippen molar-refractivity contribution in [3.05, 3.63) is 77.0 Å². The van der Waals surface area contributed by atoms with E-state index in [-0.39, 0.29) is 12.2 Å². The molecule has 2 aromatic carbocycles. The molecule has 1 unspecified atom stereocenters. The molecule has 0 bridgehead atoms. The van der Waals surface area contributed by atoms with Crippen LogP contribution in [-0.4, -0.2) is 24.2 Å². The minimum absolute atomic E-state index is 0.0475. The molecule has 3 N–H and O–H groups in total. The Balaban J connectivity index is 1.57. The highest BCUT2D eigenvalue weighted by atomic mass is 16.3.